The van der Waals surface area contributed by atoms with E-state index in [4.69, 9.17) is 10.5 Å². The molecule has 1 atom stereocenters. The molecule has 0 saturated carbocycles. The Bertz CT molecular complexity index is 563. The minimum absolute atomic E-state index is 0.0521. The van der Waals surface area contributed by atoms with Crippen molar-refractivity contribution in [3.8, 4) is 0 Å². The highest BCUT2D eigenvalue weighted by Crippen LogP contribution is 2.21. The Hall–Kier alpha value is -0.740. The van der Waals surface area contributed by atoms with Gasteiger partial charge in [0.2, 0.25) is 5.91 Å². The summed E-state index contributed by atoms with van der Waals surface area (Å²) in [4.78, 5) is 14.4. The van der Waals surface area contributed by atoms with E-state index < -0.39 is 16.3 Å². The second-order valence-corrected chi connectivity index (χ2v) is 9.45. The third-order valence-corrected chi connectivity index (χ3v) is 7.86. The van der Waals surface area contributed by atoms with Crippen molar-refractivity contribution in [2.24, 2.45) is 11.7 Å². The van der Waals surface area contributed by atoms with Crippen molar-refractivity contribution in [1.82, 2.24) is 13.5 Å². The monoisotopic (exact) mass is 388 g/mol. The van der Waals surface area contributed by atoms with Gasteiger partial charge in [0.1, 0.15) is 0 Å². The second kappa shape index (κ2) is 8.97. The van der Waals surface area contributed by atoms with Gasteiger partial charge in [0.15, 0.2) is 0 Å². The van der Waals surface area contributed by atoms with Gasteiger partial charge < -0.3 is 15.4 Å². The van der Waals surface area contributed by atoms with Gasteiger partial charge in [0.25, 0.3) is 10.2 Å². The number of carbonyl (C=O) groups excluding carboxylic acids is 1. The SMILES string of the molecule is NC(C(=O)N1CCN(S(=O)(=O)N2CCCCCC2)CC1)C1CCOCC1. The van der Waals surface area contributed by atoms with E-state index in [1.807, 2.05) is 0 Å². The Morgan fingerprint density at radius 1 is 0.885 bits per heavy atom. The van der Waals surface area contributed by atoms with Gasteiger partial charge >= 0.3 is 0 Å². The van der Waals surface area contributed by atoms with Gasteiger partial charge in [-0.15, -0.1) is 0 Å². The van der Waals surface area contributed by atoms with E-state index in [2.05, 4.69) is 0 Å². The molecule has 3 aliphatic rings. The molecule has 26 heavy (non-hydrogen) atoms. The molecule has 0 aliphatic carbocycles. The molecule has 0 radical (unpaired) electrons. The summed E-state index contributed by atoms with van der Waals surface area (Å²) in [6.07, 6.45) is 5.68. The molecule has 1 amide bonds. The van der Waals surface area contributed by atoms with Crippen molar-refractivity contribution in [2.75, 3.05) is 52.5 Å². The van der Waals surface area contributed by atoms with Gasteiger partial charge in [-0.1, -0.05) is 12.8 Å². The van der Waals surface area contributed by atoms with Gasteiger partial charge in [-0.25, -0.2) is 0 Å². The smallest absolute Gasteiger partial charge is 0.282 e. The van der Waals surface area contributed by atoms with Crippen molar-refractivity contribution in [1.29, 1.82) is 0 Å². The molecular weight excluding hydrogens is 356 g/mol. The third kappa shape index (κ3) is 4.56. The molecule has 2 N–H and O–H groups in total. The van der Waals surface area contributed by atoms with E-state index in [-0.39, 0.29) is 11.8 Å². The van der Waals surface area contributed by atoms with Crippen LogP contribution in [0.4, 0.5) is 0 Å². The van der Waals surface area contributed by atoms with Crippen LogP contribution in [0, 0.1) is 5.92 Å². The van der Waals surface area contributed by atoms with Crippen LogP contribution in [0.5, 0.6) is 0 Å². The van der Waals surface area contributed by atoms with Gasteiger partial charge in [-0.05, 0) is 31.6 Å². The second-order valence-electron chi connectivity index (χ2n) is 7.52. The summed E-state index contributed by atoms with van der Waals surface area (Å²) in [5, 5.41) is 0. The zero-order valence-corrected chi connectivity index (χ0v) is 16.3. The maximum absolute atomic E-state index is 12.9. The fraction of sp³-hybridized carbons (Fsp3) is 0.941. The molecular formula is C17H32N4O4S. The highest BCUT2D eigenvalue weighted by atomic mass is 32.2. The van der Waals surface area contributed by atoms with Gasteiger partial charge in [0, 0.05) is 52.5 Å². The zero-order chi connectivity index (χ0) is 18.6. The molecule has 0 aromatic carbocycles. The maximum atomic E-state index is 12.9. The summed E-state index contributed by atoms with van der Waals surface area (Å²) in [5.41, 5.74) is 6.19. The molecule has 3 heterocycles. The highest BCUT2D eigenvalue weighted by Gasteiger charge is 2.36. The summed E-state index contributed by atoms with van der Waals surface area (Å²) in [5.74, 6) is 0.110. The fourth-order valence-electron chi connectivity index (χ4n) is 4.06. The van der Waals surface area contributed by atoms with E-state index in [1.54, 1.807) is 9.21 Å². The first kappa shape index (κ1) is 20.0. The number of piperazine rings is 1. The van der Waals surface area contributed by atoms with Crippen LogP contribution in [0.15, 0.2) is 0 Å². The van der Waals surface area contributed by atoms with Crippen LogP contribution in [0.2, 0.25) is 0 Å². The lowest BCUT2D eigenvalue weighted by atomic mass is 9.91. The minimum atomic E-state index is -3.42. The van der Waals surface area contributed by atoms with Crippen LogP contribution in [0.3, 0.4) is 0 Å². The largest absolute Gasteiger partial charge is 0.381 e. The lowest BCUT2D eigenvalue weighted by Gasteiger charge is -2.38. The van der Waals surface area contributed by atoms with Gasteiger partial charge in [-0.3, -0.25) is 4.79 Å². The topological polar surface area (TPSA) is 96.2 Å². The lowest BCUT2D eigenvalue weighted by molar-refractivity contribution is -0.135. The number of rotatable bonds is 4. The molecule has 0 aromatic heterocycles. The molecule has 9 heteroatoms. The molecule has 3 rings (SSSR count). The van der Waals surface area contributed by atoms with Crippen LogP contribution < -0.4 is 5.73 Å². The Kier molecular flexibility index (Phi) is 6.90. The van der Waals surface area contributed by atoms with Crippen molar-refractivity contribution in [3.63, 3.8) is 0 Å². The van der Waals surface area contributed by atoms with E-state index >= 15 is 0 Å². The number of carbonyl (C=O) groups is 1. The first-order chi connectivity index (χ1) is 12.5. The van der Waals surface area contributed by atoms with E-state index in [1.165, 1.54) is 4.31 Å². The molecule has 3 saturated heterocycles. The van der Waals surface area contributed by atoms with Crippen LogP contribution in [0.25, 0.3) is 0 Å². The number of hydrogen-bond acceptors (Lipinski definition) is 5. The van der Waals surface area contributed by atoms with Crippen molar-refractivity contribution in [2.45, 2.75) is 44.6 Å². The molecule has 3 aliphatic heterocycles. The van der Waals surface area contributed by atoms with Crippen LogP contribution in [-0.4, -0.2) is 86.4 Å². The average Bonchev–Trinajstić information content (AvgIpc) is 2.98. The summed E-state index contributed by atoms with van der Waals surface area (Å²) in [6, 6.07) is -0.507. The molecule has 0 aromatic rings. The van der Waals surface area contributed by atoms with Gasteiger partial charge in [-0.2, -0.15) is 17.0 Å². The van der Waals surface area contributed by atoms with Crippen LogP contribution >= 0.6 is 0 Å². The summed E-state index contributed by atoms with van der Waals surface area (Å²) in [7, 11) is -3.42. The predicted molar refractivity (Wildman–Crippen MR) is 98.6 cm³/mol. The first-order valence-electron chi connectivity index (χ1n) is 9.87. The Labute approximate surface area is 156 Å². The molecule has 0 bridgehead atoms. The first-order valence-corrected chi connectivity index (χ1v) is 11.3. The fourth-order valence-corrected chi connectivity index (χ4v) is 5.73. The normalized spacial score (nSPS) is 26.4. The summed E-state index contributed by atoms with van der Waals surface area (Å²) in [6.45, 7) is 4.08. The Morgan fingerprint density at radius 2 is 1.42 bits per heavy atom. The molecule has 0 spiro atoms. The van der Waals surface area contributed by atoms with E-state index in [0.717, 1.165) is 38.5 Å². The number of nitrogens with two attached hydrogens (primary N) is 1. The van der Waals surface area contributed by atoms with Crippen molar-refractivity contribution >= 4 is 16.1 Å². The van der Waals surface area contributed by atoms with Crippen LogP contribution in [-0.2, 0) is 19.7 Å². The summed E-state index contributed by atoms with van der Waals surface area (Å²) < 4.78 is 34.2. The van der Waals surface area contributed by atoms with E-state index in [9.17, 15) is 13.2 Å². The third-order valence-electron chi connectivity index (χ3n) is 5.83. The number of nitrogens with zero attached hydrogens (tertiary/aromatic N) is 3. The number of hydrogen-bond donors (Lipinski definition) is 1. The minimum Gasteiger partial charge on any atom is -0.381 e. The maximum Gasteiger partial charge on any atom is 0.282 e. The quantitative estimate of drug-likeness (QED) is 0.732. The van der Waals surface area contributed by atoms with Gasteiger partial charge in [0.05, 0.1) is 6.04 Å². The van der Waals surface area contributed by atoms with Crippen molar-refractivity contribution in [3.05, 3.63) is 0 Å². The number of amides is 1. The Morgan fingerprint density at radius 3 is 2.00 bits per heavy atom. The van der Waals surface area contributed by atoms with E-state index in [0.29, 0.717) is 52.5 Å². The standard InChI is InChI=1S/C17H32N4O4S/c18-16(15-5-13-25-14-6-15)17(22)19-9-11-21(12-10-19)26(23,24)20-7-3-1-2-4-8-20/h15-16H,1-14,18H2. The molecule has 1 unspecified atom stereocenters. The number of ether oxygens (including phenoxy) is 1. The molecule has 3 fully saturated rings. The molecule has 150 valence electrons. The highest BCUT2D eigenvalue weighted by molar-refractivity contribution is 7.86. The van der Waals surface area contributed by atoms with Crippen LogP contribution in [0.1, 0.15) is 38.5 Å². The molecule has 8 nitrogen and oxygen atoms in total. The lowest BCUT2D eigenvalue weighted by Crippen LogP contribution is -2.57. The summed E-state index contributed by atoms with van der Waals surface area (Å²) >= 11 is 0. The zero-order valence-electron chi connectivity index (χ0n) is 15.5. The Balaban J connectivity index is 1.53. The van der Waals surface area contributed by atoms with Crippen molar-refractivity contribution < 1.29 is 17.9 Å². The average molecular weight is 389 g/mol. The predicted octanol–water partition coefficient (Wildman–Crippen LogP) is 0.00530.